The Morgan fingerprint density at radius 1 is 0.968 bits per heavy atom. The SMILES string of the molecule is CC[C@H](C)[C@@H]([C@@H](CC(=O)NC)OC)N(C)C(=O)[C@@H](NC(=O)[C@H](C(C)C)N(C)C)C(C)C. The fraction of sp³-hybridized carbons (Fsp3) is 0.870. The number of carbonyl (C=O) groups excluding carboxylic acids is 3. The van der Waals surface area contributed by atoms with E-state index in [1.165, 1.54) is 0 Å². The minimum Gasteiger partial charge on any atom is -0.379 e. The number of hydrogen-bond donors (Lipinski definition) is 2. The zero-order valence-electron chi connectivity index (χ0n) is 21.5. The lowest BCUT2D eigenvalue weighted by Crippen LogP contribution is -2.59. The standard InChI is InChI=1S/C23H46N4O4/c1-12-16(6)21(17(31-11)13-18(28)24-7)27(10)23(30)19(14(2)3)25-22(29)20(15(4)5)26(8)9/h14-17,19-21H,12-13H2,1-11H3,(H,24,28)(H,25,29)/t16-,17+,19-,20-,21-/m0/s1. The molecule has 0 aliphatic heterocycles. The van der Waals surface area contributed by atoms with Crippen molar-refractivity contribution in [2.75, 3.05) is 35.3 Å². The Kier molecular flexibility index (Phi) is 12.9. The van der Waals surface area contributed by atoms with Crippen LogP contribution in [0, 0.1) is 17.8 Å². The molecule has 0 bridgehead atoms. The molecule has 0 aromatic carbocycles. The first kappa shape index (κ1) is 29.3. The lowest BCUT2D eigenvalue weighted by Gasteiger charge is -2.40. The zero-order valence-corrected chi connectivity index (χ0v) is 21.5. The molecule has 0 aromatic rings. The first-order chi connectivity index (χ1) is 14.3. The molecule has 3 amide bonds. The zero-order chi connectivity index (χ0) is 24.5. The van der Waals surface area contributed by atoms with Gasteiger partial charge in [0, 0.05) is 21.2 Å². The molecular weight excluding hydrogens is 396 g/mol. The maximum Gasteiger partial charge on any atom is 0.245 e. The Balaban J connectivity index is 5.84. The summed E-state index contributed by atoms with van der Waals surface area (Å²) >= 11 is 0. The second-order valence-corrected chi connectivity index (χ2v) is 9.36. The van der Waals surface area contributed by atoms with Crippen molar-refractivity contribution in [3.8, 4) is 0 Å². The highest BCUT2D eigenvalue weighted by atomic mass is 16.5. The summed E-state index contributed by atoms with van der Waals surface area (Å²) in [5, 5.41) is 5.62. The molecule has 8 heteroatoms. The van der Waals surface area contributed by atoms with E-state index in [0.29, 0.717) is 0 Å². The van der Waals surface area contributed by atoms with Gasteiger partial charge in [0.05, 0.1) is 24.6 Å². The van der Waals surface area contributed by atoms with Crippen molar-refractivity contribution in [1.29, 1.82) is 0 Å². The molecule has 2 N–H and O–H groups in total. The molecule has 0 spiro atoms. The van der Waals surface area contributed by atoms with E-state index in [0.717, 1.165) is 6.42 Å². The fourth-order valence-corrected chi connectivity index (χ4v) is 4.12. The second kappa shape index (κ2) is 13.7. The van der Waals surface area contributed by atoms with E-state index in [1.54, 1.807) is 26.1 Å². The van der Waals surface area contributed by atoms with Gasteiger partial charge in [0.15, 0.2) is 0 Å². The van der Waals surface area contributed by atoms with Gasteiger partial charge in [0.25, 0.3) is 0 Å². The molecule has 8 nitrogen and oxygen atoms in total. The normalized spacial score (nSPS) is 16.6. The summed E-state index contributed by atoms with van der Waals surface area (Å²) in [7, 11) is 8.62. The summed E-state index contributed by atoms with van der Waals surface area (Å²) in [6, 6.07) is -1.29. The van der Waals surface area contributed by atoms with Crippen LogP contribution in [0.1, 0.15) is 54.4 Å². The minimum atomic E-state index is -0.664. The molecule has 0 saturated heterocycles. The molecule has 0 heterocycles. The Labute approximate surface area is 189 Å². The average molecular weight is 443 g/mol. The van der Waals surface area contributed by atoms with Crippen LogP contribution in [-0.4, -0.2) is 87.1 Å². The Morgan fingerprint density at radius 2 is 1.52 bits per heavy atom. The van der Waals surface area contributed by atoms with Crippen molar-refractivity contribution in [3.63, 3.8) is 0 Å². The van der Waals surface area contributed by atoms with Crippen LogP contribution >= 0.6 is 0 Å². The third-order valence-electron chi connectivity index (χ3n) is 6.06. The Morgan fingerprint density at radius 3 is 1.87 bits per heavy atom. The number of amides is 3. The van der Waals surface area contributed by atoms with Crippen LogP contribution in [0.15, 0.2) is 0 Å². The maximum atomic E-state index is 13.6. The van der Waals surface area contributed by atoms with Crippen molar-refractivity contribution in [1.82, 2.24) is 20.4 Å². The molecule has 0 rings (SSSR count). The predicted octanol–water partition coefficient (Wildman–Crippen LogP) is 1.74. The molecule has 0 saturated carbocycles. The molecule has 0 fully saturated rings. The number of nitrogens with zero attached hydrogens (tertiary/aromatic N) is 2. The van der Waals surface area contributed by atoms with E-state index in [4.69, 9.17) is 4.74 Å². The van der Waals surface area contributed by atoms with Gasteiger partial charge in [-0.05, 0) is 31.8 Å². The van der Waals surface area contributed by atoms with Crippen LogP contribution in [0.3, 0.4) is 0 Å². The van der Waals surface area contributed by atoms with Crippen LogP contribution in [0.5, 0.6) is 0 Å². The quantitative estimate of drug-likeness (QED) is 0.453. The van der Waals surface area contributed by atoms with Crippen molar-refractivity contribution >= 4 is 17.7 Å². The van der Waals surface area contributed by atoms with E-state index in [2.05, 4.69) is 17.6 Å². The molecule has 0 unspecified atom stereocenters. The number of ether oxygens (including phenoxy) is 1. The highest BCUT2D eigenvalue weighted by molar-refractivity contribution is 5.90. The van der Waals surface area contributed by atoms with Crippen LogP contribution in [0.2, 0.25) is 0 Å². The van der Waals surface area contributed by atoms with Crippen molar-refractivity contribution < 1.29 is 19.1 Å². The molecule has 0 radical (unpaired) electrons. The first-order valence-corrected chi connectivity index (χ1v) is 11.3. The first-order valence-electron chi connectivity index (χ1n) is 11.3. The third kappa shape index (κ3) is 8.41. The van der Waals surface area contributed by atoms with Gasteiger partial charge in [-0.15, -0.1) is 0 Å². The molecule has 182 valence electrons. The van der Waals surface area contributed by atoms with E-state index < -0.39 is 12.1 Å². The van der Waals surface area contributed by atoms with E-state index in [-0.39, 0.29) is 54.0 Å². The monoisotopic (exact) mass is 442 g/mol. The van der Waals surface area contributed by atoms with Gasteiger partial charge in [-0.3, -0.25) is 19.3 Å². The topological polar surface area (TPSA) is 91.0 Å². The van der Waals surface area contributed by atoms with Crippen molar-refractivity contribution in [2.45, 2.75) is 78.6 Å². The van der Waals surface area contributed by atoms with Crippen LogP contribution in [0.25, 0.3) is 0 Å². The molecule has 0 aromatic heterocycles. The maximum absolute atomic E-state index is 13.6. The van der Waals surface area contributed by atoms with Gasteiger partial charge >= 0.3 is 0 Å². The number of rotatable bonds is 13. The third-order valence-corrected chi connectivity index (χ3v) is 6.06. The molecular formula is C23H46N4O4. The molecule has 5 atom stereocenters. The summed E-state index contributed by atoms with van der Waals surface area (Å²) in [4.78, 5) is 42.1. The second-order valence-electron chi connectivity index (χ2n) is 9.36. The molecule has 31 heavy (non-hydrogen) atoms. The van der Waals surface area contributed by atoms with E-state index in [1.807, 2.05) is 53.6 Å². The van der Waals surface area contributed by atoms with Gasteiger partial charge in [-0.2, -0.15) is 0 Å². The lowest BCUT2D eigenvalue weighted by atomic mass is 9.89. The fourth-order valence-electron chi connectivity index (χ4n) is 4.12. The largest absolute Gasteiger partial charge is 0.379 e. The van der Waals surface area contributed by atoms with Gasteiger partial charge in [-0.25, -0.2) is 0 Å². The average Bonchev–Trinajstić information content (AvgIpc) is 2.69. The summed E-state index contributed by atoms with van der Waals surface area (Å²) in [6.45, 7) is 11.9. The van der Waals surface area contributed by atoms with Crippen LogP contribution in [-0.2, 0) is 19.1 Å². The van der Waals surface area contributed by atoms with E-state index in [9.17, 15) is 14.4 Å². The number of nitrogens with one attached hydrogen (secondary N) is 2. The number of hydrogen-bond acceptors (Lipinski definition) is 5. The highest BCUT2D eigenvalue weighted by Gasteiger charge is 2.38. The van der Waals surface area contributed by atoms with E-state index >= 15 is 0 Å². The van der Waals surface area contributed by atoms with Gasteiger partial charge < -0.3 is 20.3 Å². The van der Waals surface area contributed by atoms with Crippen LogP contribution in [0.4, 0.5) is 0 Å². The number of methoxy groups -OCH3 is 1. The summed E-state index contributed by atoms with van der Waals surface area (Å²) in [5.74, 6) is -0.346. The Hall–Kier alpha value is -1.67. The number of likely N-dealkylation sites (N-methyl/N-ethyl adjacent to an activating group) is 2. The van der Waals surface area contributed by atoms with Crippen LogP contribution < -0.4 is 10.6 Å². The Bertz CT molecular complexity index is 572. The van der Waals surface area contributed by atoms with Gasteiger partial charge in [-0.1, -0.05) is 48.0 Å². The number of carbonyl (C=O) groups is 3. The van der Waals surface area contributed by atoms with Gasteiger partial charge in [0.1, 0.15) is 6.04 Å². The van der Waals surface area contributed by atoms with Gasteiger partial charge in [0.2, 0.25) is 17.7 Å². The molecule has 0 aliphatic carbocycles. The lowest BCUT2D eigenvalue weighted by molar-refractivity contribution is -0.144. The highest BCUT2D eigenvalue weighted by Crippen LogP contribution is 2.23. The smallest absolute Gasteiger partial charge is 0.245 e. The van der Waals surface area contributed by atoms with Crippen molar-refractivity contribution in [2.24, 2.45) is 17.8 Å². The van der Waals surface area contributed by atoms with Crippen molar-refractivity contribution in [3.05, 3.63) is 0 Å². The molecule has 0 aliphatic rings. The summed E-state index contributed by atoms with van der Waals surface area (Å²) < 4.78 is 5.65. The minimum absolute atomic E-state index is 0.0913. The predicted molar refractivity (Wildman–Crippen MR) is 125 cm³/mol. The summed E-state index contributed by atoms with van der Waals surface area (Å²) in [5.41, 5.74) is 0. The summed E-state index contributed by atoms with van der Waals surface area (Å²) in [6.07, 6.45) is 0.538.